The van der Waals surface area contributed by atoms with Crippen LogP contribution in [-0.4, -0.2) is 37.5 Å². The van der Waals surface area contributed by atoms with Gasteiger partial charge < -0.3 is 25.4 Å². The first-order chi connectivity index (χ1) is 16.5. The van der Waals surface area contributed by atoms with E-state index in [0.717, 1.165) is 6.42 Å². The van der Waals surface area contributed by atoms with Crippen LogP contribution in [0.1, 0.15) is 33.6 Å². The van der Waals surface area contributed by atoms with Crippen molar-refractivity contribution in [1.82, 2.24) is 0 Å². The van der Waals surface area contributed by atoms with Crippen LogP contribution < -0.4 is 20.7 Å². The summed E-state index contributed by atoms with van der Waals surface area (Å²) in [6.07, 6.45) is 1.07. The molecule has 34 heavy (non-hydrogen) atoms. The number of anilines is 3. The highest BCUT2D eigenvalue weighted by atomic mass is 16.5. The standard InChI is InChI=1S/C26H25N3O5/c1-33-20-10-5-9-19(16-20)27-25(31)21-11-2-3-12-22(21)29-24(30)17-7-4-8-18(15-17)28-26(32)23-13-6-14-34-23/h2-5,7-12,15-16,23H,6,13-14H2,1H3,(H,27,31)(H,28,32)(H,29,30). The largest absolute Gasteiger partial charge is 0.497 e. The number of ether oxygens (including phenoxy) is 2. The molecule has 4 rings (SSSR count). The third-order valence-electron chi connectivity index (χ3n) is 5.36. The molecular weight excluding hydrogens is 434 g/mol. The van der Waals surface area contributed by atoms with Crippen LogP contribution >= 0.6 is 0 Å². The van der Waals surface area contributed by atoms with Gasteiger partial charge in [0.25, 0.3) is 17.7 Å². The quantitative estimate of drug-likeness (QED) is 0.488. The zero-order valence-electron chi connectivity index (χ0n) is 18.7. The average molecular weight is 460 g/mol. The Kier molecular flexibility index (Phi) is 7.19. The van der Waals surface area contributed by atoms with Crippen LogP contribution in [0.5, 0.6) is 5.75 Å². The highest BCUT2D eigenvalue weighted by molar-refractivity contribution is 6.12. The molecule has 0 spiro atoms. The summed E-state index contributed by atoms with van der Waals surface area (Å²) in [5, 5.41) is 8.39. The normalized spacial score (nSPS) is 14.8. The zero-order valence-corrected chi connectivity index (χ0v) is 18.7. The molecule has 3 N–H and O–H groups in total. The van der Waals surface area contributed by atoms with Crippen LogP contribution in [0.3, 0.4) is 0 Å². The smallest absolute Gasteiger partial charge is 0.257 e. The number of nitrogens with one attached hydrogen (secondary N) is 3. The van der Waals surface area contributed by atoms with Gasteiger partial charge in [0.15, 0.2) is 0 Å². The van der Waals surface area contributed by atoms with Gasteiger partial charge in [0, 0.05) is 29.6 Å². The van der Waals surface area contributed by atoms with E-state index >= 15 is 0 Å². The molecule has 1 unspecified atom stereocenters. The number of methoxy groups -OCH3 is 1. The van der Waals surface area contributed by atoms with E-state index in [2.05, 4.69) is 16.0 Å². The molecule has 8 heteroatoms. The molecule has 3 amide bonds. The van der Waals surface area contributed by atoms with E-state index < -0.39 is 12.0 Å². The Morgan fingerprint density at radius 3 is 2.38 bits per heavy atom. The van der Waals surface area contributed by atoms with E-state index in [1.165, 1.54) is 0 Å². The lowest BCUT2D eigenvalue weighted by Crippen LogP contribution is -2.27. The van der Waals surface area contributed by atoms with Gasteiger partial charge in [0.1, 0.15) is 11.9 Å². The van der Waals surface area contributed by atoms with Gasteiger partial charge in [-0.15, -0.1) is 0 Å². The summed E-state index contributed by atoms with van der Waals surface area (Å²) in [5.74, 6) is -0.392. The van der Waals surface area contributed by atoms with Crippen LogP contribution in [0.2, 0.25) is 0 Å². The summed E-state index contributed by atoms with van der Waals surface area (Å²) in [5.41, 5.74) is 2.08. The second kappa shape index (κ2) is 10.6. The Morgan fingerprint density at radius 2 is 1.62 bits per heavy atom. The van der Waals surface area contributed by atoms with E-state index in [4.69, 9.17) is 9.47 Å². The van der Waals surface area contributed by atoms with E-state index in [1.54, 1.807) is 79.9 Å². The molecule has 0 saturated carbocycles. The first kappa shape index (κ1) is 23.0. The molecule has 0 aliphatic carbocycles. The second-order valence-corrected chi connectivity index (χ2v) is 7.76. The molecule has 0 bridgehead atoms. The number of hydrogen-bond donors (Lipinski definition) is 3. The predicted molar refractivity (Wildman–Crippen MR) is 129 cm³/mol. The first-order valence-corrected chi connectivity index (χ1v) is 10.9. The van der Waals surface area contributed by atoms with Crippen LogP contribution in [0.25, 0.3) is 0 Å². The average Bonchev–Trinajstić information content (AvgIpc) is 3.40. The highest BCUT2D eigenvalue weighted by Crippen LogP contribution is 2.22. The summed E-state index contributed by atoms with van der Waals surface area (Å²) >= 11 is 0. The molecule has 1 heterocycles. The van der Waals surface area contributed by atoms with Gasteiger partial charge >= 0.3 is 0 Å². The second-order valence-electron chi connectivity index (χ2n) is 7.76. The third kappa shape index (κ3) is 5.60. The van der Waals surface area contributed by atoms with Crippen LogP contribution in [0.15, 0.2) is 72.8 Å². The molecule has 3 aromatic rings. The molecule has 0 aromatic heterocycles. The van der Waals surface area contributed by atoms with Crippen molar-refractivity contribution in [2.45, 2.75) is 18.9 Å². The van der Waals surface area contributed by atoms with Crippen molar-refractivity contribution in [1.29, 1.82) is 0 Å². The summed E-state index contributed by atoms with van der Waals surface area (Å²) in [7, 11) is 1.55. The van der Waals surface area contributed by atoms with E-state index in [0.29, 0.717) is 47.0 Å². The minimum atomic E-state index is -0.465. The number of carbonyl (C=O) groups excluding carboxylic acids is 3. The Hall–Kier alpha value is -4.17. The maximum absolute atomic E-state index is 12.9. The molecule has 1 aliphatic heterocycles. The molecule has 0 radical (unpaired) electrons. The van der Waals surface area contributed by atoms with Crippen molar-refractivity contribution in [2.75, 3.05) is 29.7 Å². The van der Waals surface area contributed by atoms with Gasteiger partial charge in [-0.1, -0.05) is 24.3 Å². The number of amides is 3. The molecule has 1 fully saturated rings. The highest BCUT2D eigenvalue weighted by Gasteiger charge is 2.23. The van der Waals surface area contributed by atoms with Crippen molar-refractivity contribution >= 4 is 34.8 Å². The molecule has 174 valence electrons. The molecule has 8 nitrogen and oxygen atoms in total. The van der Waals surface area contributed by atoms with Gasteiger partial charge in [-0.25, -0.2) is 0 Å². The Bertz CT molecular complexity index is 1200. The number of para-hydroxylation sites is 1. The minimum absolute atomic E-state index is 0.227. The topological polar surface area (TPSA) is 106 Å². The number of rotatable bonds is 7. The third-order valence-corrected chi connectivity index (χ3v) is 5.36. The fourth-order valence-electron chi connectivity index (χ4n) is 3.63. The van der Waals surface area contributed by atoms with Crippen molar-refractivity contribution in [3.8, 4) is 5.75 Å². The summed E-state index contributed by atoms with van der Waals surface area (Å²) in [6, 6.07) is 20.3. The lowest BCUT2D eigenvalue weighted by molar-refractivity contribution is -0.124. The molecule has 1 atom stereocenters. The zero-order chi connectivity index (χ0) is 23.9. The fourth-order valence-corrected chi connectivity index (χ4v) is 3.63. The Balaban J connectivity index is 1.46. The Morgan fingerprint density at radius 1 is 0.853 bits per heavy atom. The van der Waals surface area contributed by atoms with Gasteiger partial charge in [-0.3, -0.25) is 14.4 Å². The van der Waals surface area contributed by atoms with Crippen molar-refractivity contribution < 1.29 is 23.9 Å². The van der Waals surface area contributed by atoms with Gasteiger partial charge in [-0.05, 0) is 55.3 Å². The lowest BCUT2D eigenvalue weighted by atomic mass is 10.1. The van der Waals surface area contributed by atoms with Crippen molar-refractivity contribution in [3.05, 3.63) is 83.9 Å². The van der Waals surface area contributed by atoms with Gasteiger partial charge in [0.05, 0.1) is 18.4 Å². The first-order valence-electron chi connectivity index (χ1n) is 10.9. The lowest BCUT2D eigenvalue weighted by Gasteiger charge is -2.13. The monoisotopic (exact) mass is 459 g/mol. The van der Waals surface area contributed by atoms with E-state index in [1.807, 2.05) is 0 Å². The van der Waals surface area contributed by atoms with Crippen LogP contribution in [0.4, 0.5) is 17.1 Å². The van der Waals surface area contributed by atoms with Crippen molar-refractivity contribution in [2.24, 2.45) is 0 Å². The molecule has 3 aromatic carbocycles. The van der Waals surface area contributed by atoms with Gasteiger partial charge in [0.2, 0.25) is 0 Å². The predicted octanol–water partition coefficient (Wildman–Crippen LogP) is 4.32. The fraction of sp³-hybridized carbons (Fsp3) is 0.192. The minimum Gasteiger partial charge on any atom is -0.497 e. The summed E-state index contributed by atoms with van der Waals surface area (Å²) in [6.45, 7) is 0.575. The summed E-state index contributed by atoms with van der Waals surface area (Å²) in [4.78, 5) is 38.1. The molecule has 1 saturated heterocycles. The van der Waals surface area contributed by atoms with E-state index in [-0.39, 0.29) is 11.8 Å². The number of hydrogen-bond acceptors (Lipinski definition) is 5. The van der Waals surface area contributed by atoms with E-state index in [9.17, 15) is 14.4 Å². The summed E-state index contributed by atoms with van der Waals surface area (Å²) < 4.78 is 10.6. The molecular formula is C26H25N3O5. The van der Waals surface area contributed by atoms with Crippen LogP contribution in [0, 0.1) is 0 Å². The van der Waals surface area contributed by atoms with Gasteiger partial charge in [-0.2, -0.15) is 0 Å². The number of carbonyl (C=O) groups is 3. The number of benzene rings is 3. The van der Waals surface area contributed by atoms with Crippen molar-refractivity contribution in [3.63, 3.8) is 0 Å². The maximum atomic E-state index is 12.9. The van der Waals surface area contributed by atoms with Crippen LogP contribution in [-0.2, 0) is 9.53 Å². The Labute approximate surface area is 197 Å². The molecule has 1 aliphatic rings. The maximum Gasteiger partial charge on any atom is 0.257 e. The SMILES string of the molecule is COc1cccc(NC(=O)c2ccccc2NC(=O)c2cccc(NC(=O)C3CCCO3)c2)c1.